The molecule has 148 valence electrons. The zero-order valence-corrected chi connectivity index (χ0v) is 15.8. The number of nitrogens with zero attached hydrogens (tertiary/aromatic N) is 4. The average Bonchev–Trinajstić information content (AvgIpc) is 3.29. The van der Waals surface area contributed by atoms with Crippen LogP contribution >= 0.6 is 11.3 Å². The number of carbonyl (C=O) groups is 1. The molecule has 3 aromatic heterocycles. The Morgan fingerprint density at radius 3 is 2.83 bits per heavy atom. The summed E-state index contributed by atoms with van der Waals surface area (Å²) in [7, 11) is 0. The van der Waals surface area contributed by atoms with Crippen LogP contribution in [0, 0.1) is 0 Å². The number of imidazole rings is 1. The van der Waals surface area contributed by atoms with Gasteiger partial charge < -0.3 is 5.32 Å². The Kier molecular flexibility index (Phi) is 4.79. The van der Waals surface area contributed by atoms with Gasteiger partial charge in [-0.15, -0.1) is 11.3 Å². The molecule has 4 aromatic rings. The van der Waals surface area contributed by atoms with Crippen LogP contribution in [0.25, 0.3) is 16.2 Å². The van der Waals surface area contributed by atoms with Crippen LogP contribution in [0.5, 0.6) is 0 Å². The van der Waals surface area contributed by atoms with E-state index in [1.54, 1.807) is 41.2 Å². The highest BCUT2D eigenvalue weighted by Gasteiger charge is 2.30. The van der Waals surface area contributed by atoms with Crippen molar-refractivity contribution in [3.8, 4) is 11.3 Å². The van der Waals surface area contributed by atoms with Crippen molar-refractivity contribution in [3.63, 3.8) is 0 Å². The summed E-state index contributed by atoms with van der Waals surface area (Å²) in [4.78, 5) is 25.5. The lowest BCUT2D eigenvalue weighted by molar-refractivity contribution is -0.137. The molecule has 0 saturated carbocycles. The molecule has 0 radical (unpaired) electrons. The Morgan fingerprint density at radius 2 is 2.10 bits per heavy atom. The van der Waals surface area contributed by atoms with E-state index >= 15 is 0 Å². The summed E-state index contributed by atoms with van der Waals surface area (Å²) in [6, 6.07) is 6.31. The molecular formula is C19H14F3N5OS. The highest BCUT2D eigenvalue weighted by molar-refractivity contribution is 7.15. The third-order valence-corrected chi connectivity index (χ3v) is 5.16. The minimum Gasteiger partial charge on any atom is -0.343 e. The van der Waals surface area contributed by atoms with E-state index < -0.39 is 11.7 Å². The van der Waals surface area contributed by atoms with Crippen molar-refractivity contribution in [2.75, 3.05) is 0 Å². The van der Waals surface area contributed by atoms with Crippen molar-refractivity contribution in [1.82, 2.24) is 24.7 Å². The first-order valence-electron chi connectivity index (χ1n) is 8.54. The maximum absolute atomic E-state index is 13.0. The van der Waals surface area contributed by atoms with E-state index in [0.29, 0.717) is 27.6 Å². The lowest BCUT2D eigenvalue weighted by atomic mass is 10.1. The maximum atomic E-state index is 13.0. The minimum atomic E-state index is -4.44. The second-order valence-electron chi connectivity index (χ2n) is 6.31. The topological polar surface area (TPSA) is 72.2 Å². The third kappa shape index (κ3) is 3.83. The van der Waals surface area contributed by atoms with Crippen LogP contribution in [0.4, 0.5) is 13.2 Å². The smallest absolute Gasteiger partial charge is 0.343 e. The third-order valence-electron chi connectivity index (χ3n) is 4.32. The Hall–Kier alpha value is -3.27. The summed E-state index contributed by atoms with van der Waals surface area (Å²) < 4.78 is 40.5. The van der Waals surface area contributed by atoms with Crippen molar-refractivity contribution in [1.29, 1.82) is 0 Å². The predicted octanol–water partition coefficient (Wildman–Crippen LogP) is 4.36. The Balaban J connectivity index is 1.62. The van der Waals surface area contributed by atoms with Gasteiger partial charge in [-0.2, -0.15) is 13.2 Å². The molecule has 29 heavy (non-hydrogen) atoms. The number of nitrogens with one attached hydrogen (secondary N) is 1. The minimum absolute atomic E-state index is 0.330. The van der Waals surface area contributed by atoms with Gasteiger partial charge in [0.2, 0.25) is 0 Å². The molecule has 1 atom stereocenters. The number of rotatable bonds is 4. The molecule has 6 nitrogen and oxygen atoms in total. The van der Waals surface area contributed by atoms with Crippen LogP contribution in [0.1, 0.15) is 34.7 Å². The molecule has 0 aliphatic rings. The number of amides is 1. The summed E-state index contributed by atoms with van der Waals surface area (Å²) >= 11 is 1.23. The molecule has 10 heteroatoms. The van der Waals surface area contributed by atoms with Gasteiger partial charge in [0.1, 0.15) is 12.0 Å². The summed E-state index contributed by atoms with van der Waals surface area (Å²) in [6.07, 6.45) is 0.115. The molecule has 0 aliphatic carbocycles. The summed E-state index contributed by atoms with van der Waals surface area (Å²) in [6.45, 7) is 1.80. The number of thiazole rings is 1. The highest BCUT2D eigenvalue weighted by atomic mass is 32.1. The molecule has 1 N–H and O–H groups in total. The largest absolute Gasteiger partial charge is 0.416 e. The number of halogens is 3. The van der Waals surface area contributed by atoms with E-state index in [4.69, 9.17) is 0 Å². The van der Waals surface area contributed by atoms with Crippen molar-refractivity contribution in [3.05, 3.63) is 71.4 Å². The molecule has 0 spiro atoms. The van der Waals surface area contributed by atoms with Crippen LogP contribution in [-0.4, -0.2) is 25.3 Å². The molecule has 4 rings (SSSR count). The molecular weight excluding hydrogens is 403 g/mol. The Bertz CT molecular complexity index is 1170. The summed E-state index contributed by atoms with van der Waals surface area (Å²) in [5, 5.41) is 4.50. The van der Waals surface area contributed by atoms with E-state index in [2.05, 4.69) is 20.3 Å². The van der Waals surface area contributed by atoms with Crippen molar-refractivity contribution >= 4 is 22.2 Å². The first kappa shape index (κ1) is 19.1. The second kappa shape index (κ2) is 7.28. The second-order valence-corrected chi connectivity index (χ2v) is 7.14. The van der Waals surface area contributed by atoms with Gasteiger partial charge in [0.25, 0.3) is 5.91 Å². The fourth-order valence-electron chi connectivity index (χ4n) is 2.84. The van der Waals surface area contributed by atoms with E-state index in [0.717, 1.165) is 12.1 Å². The molecule has 0 fully saturated rings. The number of hydrogen-bond acceptors (Lipinski definition) is 5. The fraction of sp³-hybridized carbons (Fsp3) is 0.158. The standard InChI is InChI=1S/C19H14F3N5OS/c1-11(14-5-6-23-10-24-14)25-17(28)16-9-29-18-26-15(8-27(16)18)12-3-2-4-13(7-12)19(20,21)22/h2-11H,1H3,(H,25,28)/t11-/m0/s1. The lowest BCUT2D eigenvalue weighted by Gasteiger charge is -2.12. The number of alkyl halides is 3. The predicted molar refractivity (Wildman–Crippen MR) is 101 cm³/mol. The highest BCUT2D eigenvalue weighted by Crippen LogP contribution is 2.32. The lowest BCUT2D eigenvalue weighted by Crippen LogP contribution is -2.28. The van der Waals surface area contributed by atoms with Crippen LogP contribution in [0.3, 0.4) is 0 Å². The normalized spacial score (nSPS) is 12.8. The fourth-order valence-corrected chi connectivity index (χ4v) is 3.70. The first-order chi connectivity index (χ1) is 13.8. The molecule has 0 saturated heterocycles. The van der Waals surface area contributed by atoms with Gasteiger partial charge in [0.05, 0.1) is 23.0 Å². The van der Waals surface area contributed by atoms with E-state index in [1.807, 2.05) is 0 Å². The van der Waals surface area contributed by atoms with Crippen molar-refractivity contribution < 1.29 is 18.0 Å². The SMILES string of the molecule is C[C@H](NC(=O)c1csc2nc(-c3cccc(C(F)(F)F)c3)cn12)c1ccncn1. The molecule has 1 aromatic carbocycles. The van der Waals surface area contributed by atoms with Gasteiger partial charge in [0, 0.05) is 23.3 Å². The Labute approximate surface area is 167 Å². The first-order valence-corrected chi connectivity index (χ1v) is 9.42. The number of benzene rings is 1. The number of aromatic nitrogens is 4. The molecule has 1 amide bonds. The van der Waals surface area contributed by atoms with Crippen LogP contribution in [0.2, 0.25) is 0 Å². The van der Waals surface area contributed by atoms with Gasteiger partial charge in [-0.05, 0) is 25.1 Å². The molecule has 0 bridgehead atoms. The molecule has 0 aliphatic heterocycles. The van der Waals surface area contributed by atoms with E-state index in [9.17, 15) is 18.0 Å². The van der Waals surface area contributed by atoms with Crippen molar-refractivity contribution in [2.24, 2.45) is 0 Å². The molecule has 0 unspecified atom stereocenters. The number of hydrogen-bond donors (Lipinski definition) is 1. The van der Waals surface area contributed by atoms with Gasteiger partial charge in [-0.25, -0.2) is 15.0 Å². The quantitative estimate of drug-likeness (QED) is 0.536. The maximum Gasteiger partial charge on any atom is 0.416 e. The Morgan fingerprint density at radius 1 is 1.28 bits per heavy atom. The average molecular weight is 417 g/mol. The monoisotopic (exact) mass is 417 g/mol. The number of carbonyl (C=O) groups excluding carboxylic acids is 1. The van der Waals surface area contributed by atoms with Gasteiger partial charge in [-0.3, -0.25) is 9.20 Å². The zero-order valence-electron chi connectivity index (χ0n) is 15.0. The van der Waals surface area contributed by atoms with Crippen LogP contribution in [-0.2, 0) is 6.18 Å². The van der Waals surface area contributed by atoms with Crippen LogP contribution < -0.4 is 5.32 Å². The van der Waals surface area contributed by atoms with Crippen molar-refractivity contribution in [2.45, 2.75) is 19.1 Å². The van der Waals surface area contributed by atoms with Gasteiger partial charge in [0.15, 0.2) is 4.96 Å². The van der Waals surface area contributed by atoms with Gasteiger partial charge >= 0.3 is 6.18 Å². The van der Waals surface area contributed by atoms with Crippen LogP contribution in [0.15, 0.2) is 54.4 Å². The summed E-state index contributed by atoms with van der Waals surface area (Å²) in [5.41, 5.74) is 0.951. The number of fused-ring (bicyclic) bond motifs is 1. The molecule has 3 heterocycles. The van der Waals surface area contributed by atoms with Gasteiger partial charge in [-0.1, -0.05) is 12.1 Å². The summed E-state index contributed by atoms with van der Waals surface area (Å²) in [5.74, 6) is -0.338. The van der Waals surface area contributed by atoms with E-state index in [1.165, 1.54) is 23.7 Å². The van der Waals surface area contributed by atoms with E-state index in [-0.39, 0.29) is 11.9 Å². The zero-order chi connectivity index (χ0) is 20.6.